The first kappa shape index (κ1) is 13.0. The lowest BCUT2D eigenvalue weighted by Gasteiger charge is -2.18. The molecule has 0 aliphatic heterocycles. The van der Waals surface area contributed by atoms with Crippen molar-refractivity contribution in [2.75, 3.05) is 0 Å². The minimum Gasteiger partial charge on any atom is -0.271 e. The van der Waals surface area contributed by atoms with Gasteiger partial charge in [-0.2, -0.15) is 0 Å². The number of pyridine rings is 1. The van der Waals surface area contributed by atoms with Gasteiger partial charge in [-0.25, -0.2) is 9.82 Å². The number of benzene rings is 1. The number of nitrogens with two attached hydrogens (primary N) is 1. The Bertz CT molecular complexity index is 539. The highest BCUT2D eigenvalue weighted by atomic mass is 35.5. The van der Waals surface area contributed by atoms with Gasteiger partial charge in [0.2, 0.25) is 0 Å². The molecule has 0 saturated heterocycles. The van der Waals surface area contributed by atoms with Gasteiger partial charge in [0, 0.05) is 23.0 Å². The molecule has 0 fully saturated rings. The first-order chi connectivity index (χ1) is 8.63. The number of halogens is 2. The number of rotatable bonds is 3. The molecule has 2 aromatic rings. The van der Waals surface area contributed by atoms with Crippen molar-refractivity contribution in [1.29, 1.82) is 0 Å². The SMILES string of the molecule is Cc1cncc(C(NN)c2c(F)cccc2Cl)c1. The molecule has 0 aliphatic carbocycles. The van der Waals surface area contributed by atoms with Crippen LogP contribution in [0, 0.1) is 12.7 Å². The summed E-state index contributed by atoms with van der Waals surface area (Å²) in [4.78, 5) is 4.08. The molecule has 0 bridgehead atoms. The number of hydrogen-bond donors (Lipinski definition) is 2. The number of aryl methyl sites for hydroxylation is 1. The Morgan fingerprint density at radius 2 is 2.17 bits per heavy atom. The van der Waals surface area contributed by atoms with Crippen LogP contribution in [0.15, 0.2) is 36.7 Å². The molecule has 1 atom stereocenters. The van der Waals surface area contributed by atoms with Crippen LogP contribution in [-0.4, -0.2) is 4.98 Å². The summed E-state index contributed by atoms with van der Waals surface area (Å²) in [5.41, 5.74) is 4.65. The van der Waals surface area contributed by atoms with E-state index < -0.39 is 11.9 Å². The van der Waals surface area contributed by atoms with E-state index in [1.807, 2.05) is 13.0 Å². The van der Waals surface area contributed by atoms with E-state index in [0.29, 0.717) is 10.6 Å². The summed E-state index contributed by atoms with van der Waals surface area (Å²) >= 11 is 6.04. The van der Waals surface area contributed by atoms with Crippen molar-refractivity contribution in [3.8, 4) is 0 Å². The highest BCUT2D eigenvalue weighted by Gasteiger charge is 2.20. The highest BCUT2D eigenvalue weighted by Crippen LogP contribution is 2.29. The van der Waals surface area contributed by atoms with Crippen molar-refractivity contribution < 1.29 is 4.39 Å². The van der Waals surface area contributed by atoms with E-state index in [0.717, 1.165) is 11.1 Å². The summed E-state index contributed by atoms with van der Waals surface area (Å²) in [5.74, 6) is 5.13. The van der Waals surface area contributed by atoms with Gasteiger partial charge in [-0.3, -0.25) is 10.8 Å². The van der Waals surface area contributed by atoms with E-state index in [2.05, 4.69) is 10.4 Å². The predicted molar refractivity (Wildman–Crippen MR) is 69.6 cm³/mol. The predicted octanol–water partition coefficient (Wildman–Crippen LogP) is 2.74. The van der Waals surface area contributed by atoms with Crippen LogP contribution in [0.5, 0.6) is 0 Å². The summed E-state index contributed by atoms with van der Waals surface area (Å²) < 4.78 is 13.9. The summed E-state index contributed by atoms with van der Waals surface area (Å²) in [6.45, 7) is 1.91. The third-order valence-electron chi connectivity index (χ3n) is 2.68. The fourth-order valence-corrected chi connectivity index (χ4v) is 2.14. The number of hydrazine groups is 1. The van der Waals surface area contributed by atoms with Crippen LogP contribution in [0.3, 0.4) is 0 Å². The summed E-state index contributed by atoms with van der Waals surface area (Å²) in [6.07, 6.45) is 3.36. The zero-order valence-corrected chi connectivity index (χ0v) is 10.6. The van der Waals surface area contributed by atoms with Crippen molar-refractivity contribution in [3.05, 3.63) is 64.2 Å². The minimum absolute atomic E-state index is 0.328. The van der Waals surface area contributed by atoms with Crippen LogP contribution >= 0.6 is 11.6 Å². The molecule has 5 heteroatoms. The van der Waals surface area contributed by atoms with Gasteiger partial charge >= 0.3 is 0 Å². The molecule has 3 nitrogen and oxygen atoms in total. The van der Waals surface area contributed by atoms with Crippen molar-refractivity contribution in [2.45, 2.75) is 13.0 Å². The Balaban J connectivity index is 2.52. The van der Waals surface area contributed by atoms with Crippen LogP contribution < -0.4 is 11.3 Å². The number of aromatic nitrogens is 1. The Labute approximate surface area is 110 Å². The zero-order chi connectivity index (χ0) is 13.1. The van der Waals surface area contributed by atoms with E-state index in [-0.39, 0.29) is 0 Å². The minimum atomic E-state index is -0.522. The first-order valence-electron chi connectivity index (χ1n) is 5.45. The van der Waals surface area contributed by atoms with Gasteiger partial charge in [0.05, 0.1) is 6.04 Å². The molecule has 2 rings (SSSR count). The largest absolute Gasteiger partial charge is 0.271 e. The maximum atomic E-state index is 13.9. The molecule has 1 aromatic carbocycles. The molecule has 1 heterocycles. The van der Waals surface area contributed by atoms with Gasteiger partial charge in [-0.05, 0) is 30.2 Å². The van der Waals surface area contributed by atoms with E-state index in [4.69, 9.17) is 17.4 Å². The molecule has 0 amide bonds. The quantitative estimate of drug-likeness (QED) is 0.663. The molecular weight excluding hydrogens is 253 g/mol. The third-order valence-corrected chi connectivity index (χ3v) is 3.01. The summed E-state index contributed by atoms with van der Waals surface area (Å²) in [6, 6.07) is 5.91. The van der Waals surface area contributed by atoms with Crippen LogP contribution in [0.1, 0.15) is 22.7 Å². The van der Waals surface area contributed by atoms with Crippen molar-refractivity contribution in [2.24, 2.45) is 5.84 Å². The average molecular weight is 266 g/mol. The second kappa shape index (κ2) is 5.44. The Morgan fingerprint density at radius 1 is 1.39 bits per heavy atom. The lowest BCUT2D eigenvalue weighted by molar-refractivity contribution is 0.559. The van der Waals surface area contributed by atoms with Crippen LogP contribution in [-0.2, 0) is 0 Å². The van der Waals surface area contributed by atoms with E-state index in [1.165, 1.54) is 6.07 Å². The van der Waals surface area contributed by atoms with Gasteiger partial charge in [0.15, 0.2) is 0 Å². The first-order valence-corrected chi connectivity index (χ1v) is 5.83. The van der Waals surface area contributed by atoms with Crippen LogP contribution in [0.25, 0.3) is 0 Å². The molecule has 94 valence electrons. The van der Waals surface area contributed by atoms with E-state index in [9.17, 15) is 4.39 Å². The maximum Gasteiger partial charge on any atom is 0.129 e. The zero-order valence-electron chi connectivity index (χ0n) is 9.82. The lowest BCUT2D eigenvalue weighted by atomic mass is 9.99. The summed E-state index contributed by atoms with van der Waals surface area (Å²) in [7, 11) is 0. The molecule has 0 saturated carbocycles. The lowest BCUT2D eigenvalue weighted by Crippen LogP contribution is -2.30. The Hall–Kier alpha value is -1.49. The second-order valence-electron chi connectivity index (χ2n) is 4.03. The van der Waals surface area contributed by atoms with Crippen molar-refractivity contribution in [1.82, 2.24) is 10.4 Å². The van der Waals surface area contributed by atoms with Gasteiger partial charge < -0.3 is 0 Å². The van der Waals surface area contributed by atoms with Gasteiger partial charge in [0.25, 0.3) is 0 Å². The normalized spacial score (nSPS) is 12.4. The van der Waals surface area contributed by atoms with Crippen molar-refractivity contribution >= 4 is 11.6 Å². The number of nitrogens with one attached hydrogen (secondary N) is 1. The number of nitrogens with zero attached hydrogens (tertiary/aromatic N) is 1. The monoisotopic (exact) mass is 265 g/mol. The molecule has 1 aromatic heterocycles. The number of hydrogen-bond acceptors (Lipinski definition) is 3. The van der Waals surface area contributed by atoms with Gasteiger partial charge in [0.1, 0.15) is 5.82 Å². The molecule has 1 unspecified atom stereocenters. The topological polar surface area (TPSA) is 50.9 Å². The maximum absolute atomic E-state index is 13.9. The standard InChI is InChI=1S/C13H13ClFN3/c1-8-5-9(7-17-6-8)13(18-16)12-10(14)3-2-4-11(12)15/h2-7,13,18H,16H2,1H3. The molecule has 0 aliphatic rings. The fourth-order valence-electron chi connectivity index (χ4n) is 1.87. The smallest absolute Gasteiger partial charge is 0.129 e. The van der Waals surface area contributed by atoms with Crippen LogP contribution in [0.2, 0.25) is 5.02 Å². The molecule has 0 spiro atoms. The Kier molecular flexibility index (Phi) is 3.91. The second-order valence-corrected chi connectivity index (χ2v) is 4.44. The van der Waals surface area contributed by atoms with E-state index >= 15 is 0 Å². The fraction of sp³-hybridized carbons (Fsp3) is 0.154. The van der Waals surface area contributed by atoms with Crippen molar-refractivity contribution in [3.63, 3.8) is 0 Å². The van der Waals surface area contributed by atoms with Crippen LogP contribution in [0.4, 0.5) is 4.39 Å². The molecule has 0 radical (unpaired) electrons. The molecular formula is C13H13ClFN3. The highest BCUT2D eigenvalue weighted by molar-refractivity contribution is 6.31. The van der Waals surface area contributed by atoms with Gasteiger partial charge in [-0.15, -0.1) is 0 Å². The van der Waals surface area contributed by atoms with Gasteiger partial charge in [-0.1, -0.05) is 23.7 Å². The average Bonchev–Trinajstić information content (AvgIpc) is 2.34. The van der Waals surface area contributed by atoms with E-state index in [1.54, 1.807) is 24.5 Å². The summed E-state index contributed by atoms with van der Waals surface area (Å²) in [5, 5.41) is 0.333. The Morgan fingerprint density at radius 3 is 2.78 bits per heavy atom. The molecule has 3 N–H and O–H groups in total. The third kappa shape index (κ3) is 2.51. The molecule has 18 heavy (non-hydrogen) atoms.